The van der Waals surface area contributed by atoms with Gasteiger partial charge in [0.05, 0.1) is 7.11 Å². The number of rotatable bonds is 3. The largest absolute Gasteiger partial charge is 0.466 e. The van der Waals surface area contributed by atoms with Crippen molar-refractivity contribution >= 4 is 12.0 Å². The number of esters is 1. The van der Waals surface area contributed by atoms with Crippen molar-refractivity contribution in [3.05, 3.63) is 41.5 Å². The Morgan fingerprint density at radius 2 is 2.18 bits per heavy atom. The highest BCUT2D eigenvalue weighted by molar-refractivity contribution is 5.86. The van der Waals surface area contributed by atoms with Crippen LogP contribution in [0.5, 0.6) is 0 Å². The van der Waals surface area contributed by atoms with E-state index in [4.69, 9.17) is 0 Å². The normalized spacial score (nSPS) is 19.7. The molecule has 1 aromatic rings. The zero-order chi connectivity index (χ0) is 12.1. The minimum atomic E-state index is -0.327. The van der Waals surface area contributed by atoms with E-state index in [1.807, 2.05) is 12.1 Å². The number of carbonyl (C=O) groups excluding carboxylic acids is 1. The summed E-state index contributed by atoms with van der Waals surface area (Å²) in [6.45, 7) is 1.11. The van der Waals surface area contributed by atoms with Crippen LogP contribution in [-0.2, 0) is 9.53 Å². The van der Waals surface area contributed by atoms with Gasteiger partial charge in [-0.25, -0.2) is 4.79 Å². The Morgan fingerprint density at radius 1 is 1.41 bits per heavy atom. The molecule has 0 radical (unpaired) electrons. The van der Waals surface area contributed by atoms with E-state index in [0.717, 1.165) is 12.1 Å². The van der Waals surface area contributed by atoms with Gasteiger partial charge in [0.15, 0.2) is 0 Å². The summed E-state index contributed by atoms with van der Waals surface area (Å²) < 4.78 is 4.54. The SMILES string of the molecule is COC(=O)C=Cc1ccc(C2CCCN2)cc1. The van der Waals surface area contributed by atoms with Gasteiger partial charge < -0.3 is 10.1 Å². The third-order valence-corrected chi connectivity index (χ3v) is 3.01. The Labute approximate surface area is 101 Å². The van der Waals surface area contributed by atoms with Crippen LogP contribution in [0, 0.1) is 0 Å². The molecule has 3 nitrogen and oxygen atoms in total. The van der Waals surface area contributed by atoms with Gasteiger partial charge in [0.2, 0.25) is 0 Å². The van der Waals surface area contributed by atoms with Crippen molar-refractivity contribution in [3.8, 4) is 0 Å². The molecule has 1 aromatic carbocycles. The maximum Gasteiger partial charge on any atom is 0.330 e. The molecule has 1 atom stereocenters. The molecule has 1 N–H and O–H groups in total. The number of hydrogen-bond acceptors (Lipinski definition) is 3. The summed E-state index contributed by atoms with van der Waals surface area (Å²) in [5.41, 5.74) is 2.33. The van der Waals surface area contributed by atoms with Crippen LogP contribution in [0.3, 0.4) is 0 Å². The van der Waals surface area contributed by atoms with Crippen LogP contribution in [0.2, 0.25) is 0 Å². The van der Waals surface area contributed by atoms with E-state index in [9.17, 15) is 4.79 Å². The van der Waals surface area contributed by atoms with Gasteiger partial charge in [-0.3, -0.25) is 0 Å². The Morgan fingerprint density at radius 3 is 2.76 bits per heavy atom. The average Bonchev–Trinajstić information content (AvgIpc) is 2.90. The highest BCUT2D eigenvalue weighted by Gasteiger charge is 2.15. The lowest BCUT2D eigenvalue weighted by molar-refractivity contribution is -0.134. The minimum absolute atomic E-state index is 0.327. The molecule has 1 fully saturated rings. The summed E-state index contributed by atoms with van der Waals surface area (Å²) in [6, 6.07) is 8.76. The van der Waals surface area contributed by atoms with Crippen molar-refractivity contribution in [2.75, 3.05) is 13.7 Å². The molecule has 0 spiro atoms. The standard InChI is InChI=1S/C14H17NO2/c1-17-14(16)9-6-11-4-7-12(8-5-11)13-3-2-10-15-13/h4-9,13,15H,2-3,10H2,1H3. The van der Waals surface area contributed by atoms with Gasteiger partial charge in [-0.1, -0.05) is 24.3 Å². The van der Waals surface area contributed by atoms with Crippen molar-refractivity contribution in [1.82, 2.24) is 5.32 Å². The molecule has 3 heteroatoms. The molecule has 90 valence electrons. The van der Waals surface area contributed by atoms with E-state index in [1.165, 1.54) is 31.6 Å². The first-order valence-corrected chi connectivity index (χ1v) is 5.89. The molecule has 0 aromatic heterocycles. The summed E-state index contributed by atoms with van der Waals surface area (Å²) in [5.74, 6) is -0.327. The van der Waals surface area contributed by atoms with Gasteiger partial charge in [0.25, 0.3) is 0 Å². The van der Waals surface area contributed by atoms with Crippen molar-refractivity contribution in [1.29, 1.82) is 0 Å². The second-order valence-electron chi connectivity index (χ2n) is 4.17. The maximum absolute atomic E-state index is 10.9. The van der Waals surface area contributed by atoms with E-state index in [1.54, 1.807) is 6.08 Å². The van der Waals surface area contributed by atoms with Crippen LogP contribution in [-0.4, -0.2) is 19.6 Å². The summed E-state index contributed by atoms with van der Waals surface area (Å²) >= 11 is 0. The maximum atomic E-state index is 10.9. The lowest BCUT2D eigenvalue weighted by Crippen LogP contribution is -2.12. The number of hydrogen-bond donors (Lipinski definition) is 1. The highest BCUT2D eigenvalue weighted by Crippen LogP contribution is 2.23. The summed E-state index contributed by atoms with van der Waals surface area (Å²) in [4.78, 5) is 10.9. The van der Waals surface area contributed by atoms with E-state index in [0.29, 0.717) is 6.04 Å². The molecule has 0 amide bonds. The Balaban J connectivity index is 2.02. The molecule has 1 aliphatic heterocycles. The monoisotopic (exact) mass is 231 g/mol. The van der Waals surface area contributed by atoms with Crippen LogP contribution < -0.4 is 5.32 Å². The molecule has 0 saturated carbocycles. The lowest BCUT2D eigenvalue weighted by atomic mass is 10.0. The molecular weight excluding hydrogens is 214 g/mol. The van der Waals surface area contributed by atoms with Gasteiger partial charge in [0.1, 0.15) is 0 Å². The molecule has 1 saturated heterocycles. The van der Waals surface area contributed by atoms with Crippen LogP contribution >= 0.6 is 0 Å². The number of nitrogens with one attached hydrogen (secondary N) is 1. The topological polar surface area (TPSA) is 38.3 Å². The van der Waals surface area contributed by atoms with Gasteiger partial charge in [-0.05, 0) is 36.6 Å². The predicted molar refractivity (Wildman–Crippen MR) is 67.5 cm³/mol. The van der Waals surface area contributed by atoms with Crippen molar-refractivity contribution in [2.24, 2.45) is 0 Å². The quantitative estimate of drug-likeness (QED) is 0.640. The average molecular weight is 231 g/mol. The number of carbonyl (C=O) groups is 1. The van der Waals surface area contributed by atoms with E-state index in [2.05, 4.69) is 22.2 Å². The zero-order valence-electron chi connectivity index (χ0n) is 9.98. The molecule has 0 bridgehead atoms. The van der Waals surface area contributed by atoms with Gasteiger partial charge in [-0.15, -0.1) is 0 Å². The van der Waals surface area contributed by atoms with E-state index >= 15 is 0 Å². The van der Waals surface area contributed by atoms with Crippen molar-refractivity contribution < 1.29 is 9.53 Å². The lowest BCUT2D eigenvalue weighted by Gasteiger charge is -2.10. The van der Waals surface area contributed by atoms with Crippen LogP contribution in [0.15, 0.2) is 30.3 Å². The Bertz CT molecular complexity index is 403. The fourth-order valence-electron chi connectivity index (χ4n) is 2.04. The molecule has 17 heavy (non-hydrogen) atoms. The van der Waals surface area contributed by atoms with Gasteiger partial charge in [0, 0.05) is 12.1 Å². The minimum Gasteiger partial charge on any atom is -0.466 e. The molecular formula is C14H17NO2. The molecule has 1 aliphatic rings. The van der Waals surface area contributed by atoms with Gasteiger partial charge in [-0.2, -0.15) is 0 Å². The fraction of sp³-hybridized carbons (Fsp3) is 0.357. The first-order chi connectivity index (χ1) is 8.29. The van der Waals surface area contributed by atoms with Gasteiger partial charge >= 0.3 is 5.97 Å². The van der Waals surface area contributed by atoms with Crippen LogP contribution in [0.1, 0.15) is 30.0 Å². The third kappa shape index (κ3) is 3.17. The second-order valence-corrected chi connectivity index (χ2v) is 4.17. The number of ether oxygens (including phenoxy) is 1. The first-order valence-electron chi connectivity index (χ1n) is 5.89. The van der Waals surface area contributed by atoms with Crippen molar-refractivity contribution in [2.45, 2.75) is 18.9 Å². The fourth-order valence-corrected chi connectivity index (χ4v) is 2.04. The van der Waals surface area contributed by atoms with E-state index in [-0.39, 0.29) is 5.97 Å². The number of benzene rings is 1. The van der Waals surface area contributed by atoms with E-state index < -0.39 is 0 Å². The highest BCUT2D eigenvalue weighted by atomic mass is 16.5. The number of methoxy groups -OCH3 is 1. The summed E-state index contributed by atoms with van der Waals surface area (Å²) in [6.07, 6.45) is 5.65. The zero-order valence-corrected chi connectivity index (χ0v) is 9.98. The predicted octanol–water partition coefficient (Wildman–Crippen LogP) is 2.30. The third-order valence-electron chi connectivity index (χ3n) is 3.01. The summed E-state index contributed by atoms with van der Waals surface area (Å²) in [5, 5.41) is 3.46. The molecule has 1 unspecified atom stereocenters. The smallest absolute Gasteiger partial charge is 0.330 e. The molecule has 0 aliphatic carbocycles. The van der Waals surface area contributed by atoms with Crippen LogP contribution in [0.25, 0.3) is 6.08 Å². The Kier molecular flexibility index (Phi) is 3.94. The first kappa shape index (κ1) is 11.9. The molecule has 1 heterocycles. The second kappa shape index (κ2) is 5.64. The molecule has 2 rings (SSSR count). The Hall–Kier alpha value is -1.61. The van der Waals surface area contributed by atoms with Crippen LogP contribution in [0.4, 0.5) is 0 Å². The summed E-state index contributed by atoms with van der Waals surface area (Å²) in [7, 11) is 1.38. The van der Waals surface area contributed by atoms with Crippen molar-refractivity contribution in [3.63, 3.8) is 0 Å².